The Morgan fingerprint density at radius 1 is 0.735 bits per heavy atom. The van der Waals surface area contributed by atoms with E-state index >= 15 is 0 Å². The first-order valence-electron chi connectivity index (χ1n) is 7.93. The summed E-state index contributed by atoms with van der Waals surface area (Å²) in [6.07, 6.45) is 0. The molecule has 0 heterocycles. The van der Waals surface area contributed by atoms with Crippen molar-refractivity contribution in [1.82, 2.24) is 0 Å². The molecule has 0 aliphatic carbocycles. The van der Waals surface area contributed by atoms with Gasteiger partial charge >= 0.3 is 71.1 Å². The van der Waals surface area contributed by atoms with E-state index in [0.29, 0.717) is 5.69 Å². The molecule has 0 fully saturated rings. The minimum absolute atomic E-state index is 0. The van der Waals surface area contributed by atoms with Crippen LogP contribution in [0.4, 0.5) is 11.4 Å². The molecule has 0 saturated heterocycles. The number of aliphatic carboxylic acids is 4. The van der Waals surface area contributed by atoms with Crippen LogP contribution in [0.25, 0.3) is 0 Å². The molecule has 0 bridgehead atoms. The van der Waals surface area contributed by atoms with Crippen LogP contribution >= 0.6 is 0 Å². The van der Waals surface area contributed by atoms with Crippen molar-refractivity contribution < 1.29 is 104 Å². The van der Waals surface area contributed by atoms with Gasteiger partial charge in [-0.25, -0.2) is 9.59 Å². The third-order valence-corrected chi connectivity index (χ3v) is 2.79. The Kier molecular flexibility index (Phi) is 24.9. The molecule has 0 atom stereocenters. The molecular formula is C19H20N4Na2O9. The molecule has 34 heavy (non-hydrogen) atoms. The number of carbonyl (C=O) groups is 5. The fraction of sp³-hybridized carbons (Fsp3) is 0.0526. The number of hydrogen-bond acceptors (Lipinski definition) is 11. The number of hydrazone groups is 1. The number of rotatable bonds is 7. The quantitative estimate of drug-likeness (QED) is 0.0603. The van der Waals surface area contributed by atoms with E-state index in [1.165, 1.54) is 0 Å². The standard InChI is InChI=1S/C9H8N2O4.C6H8N2.C3H2O5.CH4.2Na/c12-8(13)7(9(14)15)11-10-6-4-2-1-3-5-6;7-8-6-4-2-1-3-5-6;4-1(2(5)6)3(7)8;;;/h1-5,10H,(H,12,13)(H,14,15);1-5,8H,7H2;(H,5,6)(H,7,8);1H4;;/q;;;;2*+1/p-2. The number of nitrogen functional groups attached to an aromatic ring is 1. The van der Waals surface area contributed by atoms with Gasteiger partial charge in [-0.2, -0.15) is 5.10 Å². The molecule has 13 nitrogen and oxygen atoms in total. The summed E-state index contributed by atoms with van der Waals surface area (Å²) in [7, 11) is 0. The summed E-state index contributed by atoms with van der Waals surface area (Å²) in [6, 6.07) is 18.0. The van der Waals surface area contributed by atoms with Gasteiger partial charge in [-0.15, -0.1) is 0 Å². The topological polar surface area (TPSA) is 234 Å². The van der Waals surface area contributed by atoms with E-state index in [9.17, 15) is 34.2 Å². The predicted octanol–water partition coefficient (Wildman–Crippen LogP) is -7.70. The van der Waals surface area contributed by atoms with E-state index in [1.807, 2.05) is 30.3 Å². The summed E-state index contributed by atoms with van der Waals surface area (Å²) in [4.78, 5) is 48.9. The maximum atomic E-state index is 10.4. The van der Waals surface area contributed by atoms with Crippen LogP contribution in [0.2, 0.25) is 0 Å². The summed E-state index contributed by atoms with van der Waals surface area (Å²) < 4.78 is 0. The number of nitrogens with zero attached hydrogens (tertiary/aromatic N) is 1. The van der Waals surface area contributed by atoms with Gasteiger partial charge in [-0.05, 0) is 24.3 Å². The SMILES string of the molecule is C.NNc1ccccc1.O=C(O)C(=NNc1ccccc1)C(=O)O.O=C([O-])C(=O)C(=O)[O-].[Na+].[Na+]. The largest absolute Gasteiger partial charge is 1.00 e. The first kappa shape index (κ1) is 38.5. The van der Waals surface area contributed by atoms with Crippen LogP contribution in [0.15, 0.2) is 65.8 Å². The molecule has 2 aromatic carbocycles. The number of ketones is 1. The molecule has 0 saturated carbocycles. The number of benzene rings is 2. The maximum Gasteiger partial charge on any atom is 1.00 e. The Morgan fingerprint density at radius 3 is 1.32 bits per heavy atom. The van der Waals surface area contributed by atoms with Crippen LogP contribution in [0.3, 0.4) is 0 Å². The van der Waals surface area contributed by atoms with Crippen molar-refractivity contribution >= 4 is 46.7 Å². The Balaban J connectivity index is -0.000000205. The monoisotopic (exact) mass is 494 g/mol. The fourth-order valence-electron chi connectivity index (χ4n) is 1.44. The van der Waals surface area contributed by atoms with Gasteiger partial charge in [0.25, 0.3) is 5.71 Å². The van der Waals surface area contributed by atoms with Crippen molar-refractivity contribution in [2.75, 3.05) is 10.9 Å². The molecule has 172 valence electrons. The minimum atomic E-state index is -2.26. The van der Waals surface area contributed by atoms with Crippen LogP contribution < -0.4 is 86.0 Å². The molecule has 0 spiro atoms. The number of hydrazine groups is 1. The van der Waals surface area contributed by atoms with E-state index in [1.54, 1.807) is 30.3 Å². The number of carbonyl (C=O) groups excluding carboxylic acids is 3. The van der Waals surface area contributed by atoms with Gasteiger partial charge in [0.05, 0.1) is 5.69 Å². The summed E-state index contributed by atoms with van der Waals surface area (Å²) in [6.45, 7) is 0. The molecule has 0 aliphatic rings. The van der Waals surface area contributed by atoms with Gasteiger partial charge in [0, 0.05) is 5.69 Å². The third kappa shape index (κ3) is 17.7. The minimum Gasteiger partial charge on any atom is -0.541 e. The Morgan fingerprint density at radius 2 is 1.09 bits per heavy atom. The second kappa shape index (κ2) is 22.0. The summed E-state index contributed by atoms with van der Waals surface area (Å²) >= 11 is 0. The van der Waals surface area contributed by atoms with Crippen molar-refractivity contribution in [3.63, 3.8) is 0 Å². The zero-order valence-corrected chi connectivity index (χ0v) is 21.6. The molecule has 2 aromatic rings. The molecule has 0 aromatic heterocycles. The Hall–Kier alpha value is -2.78. The van der Waals surface area contributed by atoms with E-state index in [2.05, 4.69) is 16.0 Å². The zero-order valence-electron chi connectivity index (χ0n) is 17.6. The van der Waals surface area contributed by atoms with E-state index in [-0.39, 0.29) is 66.5 Å². The smallest absolute Gasteiger partial charge is 0.541 e. The van der Waals surface area contributed by atoms with Gasteiger partial charge < -0.3 is 35.4 Å². The first-order chi connectivity index (χ1) is 14.6. The third-order valence-electron chi connectivity index (χ3n) is 2.79. The van der Waals surface area contributed by atoms with Crippen molar-refractivity contribution in [3.05, 3.63) is 60.7 Å². The molecule has 6 N–H and O–H groups in total. The summed E-state index contributed by atoms with van der Waals surface area (Å²) in [5, 5.41) is 38.7. The number of Topliss-reactive ketones (excluding diaryl/α,β-unsaturated/α-hetero) is 1. The van der Waals surface area contributed by atoms with E-state index in [4.69, 9.17) is 16.1 Å². The Bertz CT molecular complexity index is 911. The summed E-state index contributed by atoms with van der Waals surface area (Å²) in [5.41, 5.74) is 5.35. The predicted molar refractivity (Wildman–Crippen MR) is 109 cm³/mol. The number of carboxylic acids is 4. The van der Waals surface area contributed by atoms with Crippen LogP contribution in [0.1, 0.15) is 7.43 Å². The molecule has 15 heteroatoms. The number of hydrogen-bond donors (Lipinski definition) is 5. The Labute approximate surface area is 238 Å². The van der Waals surface area contributed by atoms with Crippen LogP contribution in [-0.4, -0.2) is 45.6 Å². The van der Waals surface area contributed by atoms with Crippen molar-refractivity contribution in [2.24, 2.45) is 10.9 Å². The molecule has 0 radical (unpaired) electrons. The van der Waals surface area contributed by atoms with Crippen LogP contribution in [0, 0.1) is 0 Å². The number of anilines is 2. The number of para-hydroxylation sites is 2. The van der Waals surface area contributed by atoms with Gasteiger partial charge in [0.2, 0.25) is 5.78 Å². The van der Waals surface area contributed by atoms with Gasteiger partial charge in [-0.1, -0.05) is 43.8 Å². The second-order valence-corrected chi connectivity index (χ2v) is 4.96. The fourth-order valence-corrected chi connectivity index (χ4v) is 1.44. The number of carboxylic acid groups (broad SMARTS) is 4. The van der Waals surface area contributed by atoms with Crippen LogP contribution in [-0.2, 0) is 24.0 Å². The van der Waals surface area contributed by atoms with Crippen molar-refractivity contribution in [2.45, 2.75) is 7.43 Å². The maximum absolute atomic E-state index is 10.4. The van der Waals surface area contributed by atoms with Crippen LogP contribution in [0.5, 0.6) is 0 Å². The van der Waals surface area contributed by atoms with E-state index in [0.717, 1.165) is 5.69 Å². The zero-order chi connectivity index (χ0) is 23.8. The number of nitrogens with two attached hydrogens (primary N) is 1. The molecule has 2 rings (SSSR count). The number of nitrogens with one attached hydrogen (secondary N) is 2. The van der Waals surface area contributed by atoms with Crippen molar-refractivity contribution in [1.29, 1.82) is 0 Å². The molecule has 0 unspecified atom stereocenters. The molecule has 0 amide bonds. The molecular weight excluding hydrogens is 474 g/mol. The van der Waals surface area contributed by atoms with Gasteiger partial charge in [0.15, 0.2) is 0 Å². The normalized spacial score (nSPS) is 7.91. The first-order valence-corrected chi connectivity index (χ1v) is 7.93. The summed E-state index contributed by atoms with van der Waals surface area (Å²) in [5.74, 6) is -4.64. The van der Waals surface area contributed by atoms with Crippen molar-refractivity contribution in [3.8, 4) is 0 Å². The average molecular weight is 494 g/mol. The van der Waals surface area contributed by atoms with Gasteiger partial charge in [0.1, 0.15) is 11.9 Å². The van der Waals surface area contributed by atoms with E-state index < -0.39 is 35.4 Å². The van der Waals surface area contributed by atoms with Gasteiger partial charge in [-0.3, -0.25) is 16.1 Å². The molecule has 0 aliphatic heterocycles. The second-order valence-electron chi connectivity index (χ2n) is 4.96. The average Bonchev–Trinajstić information content (AvgIpc) is 2.75.